The summed E-state index contributed by atoms with van der Waals surface area (Å²) in [6, 6.07) is 1.80. The van der Waals surface area contributed by atoms with Gasteiger partial charge in [-0.1, -0.05) is 0 Å². The van der Waals surface area contributed by atoms with Crippen molar-refractivity contribution in [1.82, 2.24) is 14.8 Å². The fourth-order valence-corrected chi connectivity index (χ4v) is 1.39. The fourth-order valence-electron chi connectivity index (χ4n) is 1.39. The Labute approximate surface area is 77.0 Å². The second kappa shape index (κ2) is 3.76. The van der Waals surface area contributed by atoms with Gasteiger partial charge in [0.05, 0.1) is 13.2 Å². The zero-order valence-corrected chi connectivity index (χ0v) is 7.52. The molecule has 1 aliphatic rings. The molecular weight excluding hydrogens is 168 g/mol. The monoisotopic (exact) mass is 182 g/mol. The molecule has 0 amide bonds. The van der Waals surface area contributed by atoms with Crippen molar-refractivity contribution in [3.63, 3.8) is 0 Å². The van der Waals surface area contributed by atoms with Crippen LogP contribution >= 0.6 is 0 Å². The number of nitrogens with zero attached hydrogens (tertiary/aromatic N) is 3. The van der Waals surface area contributed by atoms with Gasteiger partial charge in [0.25, 0.3) is 0 Å². The molecule has 0 aliphatic carbocycles. The predicted octanol–water partition coefficient (Wildman–Crippen LogP) is 0.103. The first kappa shape index (κ1) is 8.52. The lowest BCUT2D eigenvalue weighted by atomic mass is 10.5. The fraction of sp³-hybridized carbons (Fsp3) is 0.625. The molecule has 1 aromatic heterocycles. The molecule has 72 valence electrons. The van der Waals surface area contributed by atoms with E-state index in [2.05, 4.69) is 5.10 Å². The summed E-state index contributed by atoms with van der Waals surface area (Å²) in [7, 11) is 0. The second-order valence-electron chi connectivity index (χ2n) is 3.12. The smallest absolute Gasteiger partial charge is 0.145 e. The highest BCUT2D eigenvalue weighted by Crippen LogP contribution is 2.04. The molecule has 2 rings (SSSR count). The quantitative estimate of drug-likeness (QED) is 0.720. The van der Waals surface area contributed by atoms with E-state index in [0.29, 0.717) is 5.82 Å². The molecule has 5 heteroatoms. The molecule has 0 atom stereocenters. The van der Waals surface area contributed by atoms with Gasteiger partial charge in [-0.15, -0.1) is 0 Å². The molecule has 0 aromatic carbocycles. The van der Waals surface area contributed by atoms with Crippen molar-refractivity contribution in [3.05, 3.63) is 12.3 Å². The first-order valence-electron chi connectivity index (χ1n) is 4.51. The van der Waals surface area contributed by atoms with Crippen molar-refractivity contribution in [1.29, 1.82) is 0 Å². The van der Waals surface area contributed by atoms with Crippen molar-refractivity contribution in [2.45, 2.75) is 13.0 Å². The van der Waals surface area contributed by atoms with E-state index >= 15 is 0 Å². The van der Waals surface area contributed by atoms with E-state index in [1.54, 1.807) is 6.07 Å². The number of rotatable bonds is 3. The number of hydrogen-bond acceptors (Lipinski definition) is 4. The number of nitrogens with two attached hydrogens (primary N) is 1. The third-order valence-corrected chi connectivity index (χ3v) is 2.07. The predicted molar refractivity (Wildman–Crippen MR) is 48.8 cm³/mol. The molecule has 1 aromatic rings. The number of aromatic nitrogens is 2. The van der Waals surface area contributed by atoms with Gasteiger partial charge in [0.15, 0.2) is 0 Å². The van der Waals surface area contributed by atoms with E-state index in [-0.39, 0.29) is 0 Å². The van der Waals surface area contributed by atoms with Crippen LogP contribution in [-0.2, 0) is 11.4 Å². The molecule has 2 heterocycles. The molecule has 0 unspecified atom stereocenters. The molecule has 0 radical (unpaired) electrons. The van der Waals surface area contributed by atoms with Gasteiger partial charge >= 0.3 is 0 Å². The van der Waals surface area contributed by atoms with E-state index in [1.165, 1.54) is 0 Å². The van der Waals surface area contributed by atoms with Crippen LogP contribution in [0.3, 0.4) is 0 Å². The lowest BCUT2D eigenvalue weighted by Gasteiger charge is -2.12. The molecule has 1 fully saturated rings. The van der Waals surface area contributed by atoms with E-state index in [1.807, 2.05) is 15.9 Å². The standard InChI is InChI=1S/C8H14N4O/c9-8-2-4-11(10-8)5-6-12-3-1-7-13-12/h2,4H,1,3,5-7H2,(H2,9,10). The summed E-state index contributed by atoms with van der Waals surface area (Å²) in [6.07, 6.45) is 3.01. The summed E-state index contributed by atoms with van der Waals surface area (Å²) in [5.74, 6) is 0.572. The van der Waals surface area contributed by atoms with Crippen LogP contribution < -0.4 is 5.73 Å². The summed E-state index contributed by atoms with van der Waals surface area (Å²) in [6.45, 7) is 3.58. The Hall–Kier alpha value is -1.07. The minimum atomic E-state index is 0.572. The van der Waals surface area contributed by atoms with Crippen molar-refractivity contribution in [3.8, 4) is 0 Å². The van der Waals surface area contributed by atoms with Crippen LogP contribution in [-0.4, -0.2) is 34.5 Å². The molecule has 0 spiro atoms. The Kier molecular flexibility index (Phi) is 2.47. The molecule has 2 N–H and O–H groups in total. The van der Waals surface area contributed by atoms with Gasteiger partial charge in [0, 0.05) is 19.3 Å². The van der Waals surface area contributed by atoms with Gasteiger partial charge in [0.1, 0.15) is 5.82 Å². The van der Waals surface area contributed by atoms with Gasteiger partial charge in [-0.05, 0) is 12.5 Å². The summed E-state index contributed by atoms with van der Waals surface area (Å²) < 4.78 is 1.83. The number of hydroxylamine groups is 2. The van der Waals surface area contributed by atoms with Gasteiger partial charge in [-0.25, -0.2) is 0 Å². The van der Waals surface area contributed by atoms with Crippen LogP contribution in [0.2, 0.25) is 0 Å². The van der Waals surface area contributed by atoms with Crippen LogP contribution in [0.4, 0.5) is 5.82 Å². The van der Waals surface area contributed by atoms with E-state index in [0.717, 1.165) is 32.7 Å². The first-order chi connectivity index (χ1) is 6.34. The molecule has 5 nitrogen and oxygen atoms in total. The minimum absolute atomic E-state index is 0.572. The molecule has 1 aliphatic heterocycles. The van der Waals surface area contributed by atoms with Crippen LogP contribution in [0.1, 0.15) is 6.42 Å². The highest BCUT2D eigenvalue weighted by atomic mass is 16.7. The zero-order chi connectivity index (χ0) is 9.10. The largest absolute Gasteiger partial charge is 0.382 e. The van der Waals surface area contributed by atoms with Gasteiger partial charge in [-0.2, -0.15) is 10.2 Å². The highest BCUT2D eigenvalue weighted by molar-refractivity contribution is 5.23. The van der Waals surface area contributed by atoms with Crippen molar-refractivity contribution < 1.29 is 4.84 Å². The number of anilines is 1. The Balaban J connectivity index is 1.78. The zero-order valence-electron chi connectivity index (χ0n) is 7.52. The van der Waals surface area contributed by atoms with Gasteiger partial charge in [-0.3, -0.25) is 9.52 Å². The average Bonchev–Trinajstić information content (AvgIpc) is 2.71. The summed E-state index contributed by atoms with van der Waals surface area (Å²) >= 11 is 0. The van der Waals surface area contributed by atoms with Crippen LogP contribution in [0.15, 0.2) is 12.3 Å². The molecular formula is C8H14N4O. The van der Waals surface area contributed by atoms with E-state index in [4.69, 9.17) is 10.6 Å². The molecule has 13 heavy (non-hydrogen) atoms. The van der Waals surface area contributed by atoms with Gasteiger partial charge < -0.3 is 5.73 Å². The normalized spacial score (nSPS) is 18.2. The summed E-state index contributed by atoms with van der Waals surface area (Å²) in [4.78, 5) is 5.34. The SMILES string of the molecule is Nc1ccn(CCN2CCCO2)n1. The third kappa shape index (κ3) is 2.19. The summed E-state index contributed by atoms with van der Waals surface area (Å²) in [5.41, 5.74) is 5.49. The number of nitrogen functional groups attached to an aromatic ring is 1. The van der Waals surface area contributed by atoms with Gasteiger partial charge in [0.2, 0.25) is 0 Å². The molecule has 1 saturated heterocycles. The van der Waals surface area contributed by atoms with Crippen molar-refractivity contribution in [2.75, 3.05) is 25.4 Å². The van der Waals surface area contributed by atoms with Crippen molar-refractivity contribution >= 4 is 5.82 Å². The maximum absolute atomic E-state index is 5.49. The van der Waals surface area contributed by atoms with Crippen LogP contribution in [0.25, 0.3) is 0 Å². The molecule has 0 saturated carbocycles. The van der Waals surface area contributed by atoms with Crippen LogP contribution in [0.5, 0.6) is 0 Å². The highest BCUT2D eigenvalue weighted by Gasteiger charge is 2.11. The third-order valence-electron chi connectivity index (χ3n) is 2.07. The maximum Gasteiger partial charge on any atom is 0.145 e. The minimum Gasteiger partial charge on any atom is -0.382 e. The molecule has 0 bridgehead atoms. The topological polar surface area (TPSA) is 56.3 Å². The Bertz CT molecular complexity index is 267. The Morgan fingerprint density at radius 1 is 1.54 bits per heavy atom. The Morgan fingerprint density at radius 3 is 3.08 bits per heavy atom. The lowest BCUT2D eigenvalue weighted by Crippen LogP contribution is -2.23. The van der Waals surface area contributed by atoms with E-state index in [9.17, 15) is 0 Å². The Morgan fingerprint density at radius 2 is 2.46 bits per heavy atom. The second-order valence-corrected chi connectivity index (χ2v) is 3.12. The number of hydrogen-bond donors (Lipinski definition) is 1. The maximum atomic E-state index is 5.49. The average molecular weight is 182 g/mol. The lowest BCUT2D eigenvalue weighted by molar-refractivity contribution is -0.111. The summed E-state index contributed by atoms with van der Waals surface area (Å²) in [5, 5.41) is 6.05. The van der Waals surface area contributed by atoms with E-state index < -0.39 is 0 Å². The van der Waals surface area contributed by atoms with Crippen LogP contribution in [0, 0.1) is 0 Å². The van der Waals surface area contributed by atoms with Crippen molar-refractivity contribution in [2.24, 2.45) is 0 Å². The first-order valence-corrected chi connectivity index (χ1v) is 4.51.